The Kier molecular flexibility index (Phi) is 3.42. The quantitative estimate of drug-likeness (QED) is 0.594. The molecule has 1 aromatic rings. The second-order valence-corrected chi connectivity index (χ2v) is 7.71. The van der Waals surface area contributed by atoms with Crippen LogP contribution in [-0.4, -0.2) is 80.9 Å². The van der Waals surface area contributed by atoms with Crippen LogP contribution in [-0.2, 0) is 19.8 Å². The van der Waals surface area contributed by atoms with Crippen molar-refractivity contribution in [1.82, 2.24) is 4.90 Å². The van der Waals surface area contributed by atoms with Crippen LogP contribution in [0.25, 0.3) is 0 Å². The van der Waals surface area contributed by atoms with E-state index in [1.807, 2.05) is 7.05 Å². The molecule has 6 atom stereocenters. The maximum Gasteiger partial charge on any atom is 0.339 e. The van der Waals surface area contributed by atoms with Crippen LogP contribution in [0.1, 0.15) is 22.3 Å². The van der Waals surface area contributed by atoms with Gasteiger partial charge in [0.15, 0.2) is 17.1 Å². The monoisotopic (exact) mass is 377 g/mol. The first-order chi connectivity index (χ1) is 12.9. The summed E-state index contributed by atoms with van der Waals surface area (Å²) in [6.07, 6.45) is -1.06. The topological polar surface area (TPSA) is 90.0 Å². The third kappa shape index (κ3) is 1.84. The molecule has 1 aromatic carbocycles. The maximum absolute atomic E-state index is 12.8. The molecular formula is C19H23NO7. The lowest BCUT2D eigenvalue weighted by Gasteiger charge is -2.47. The lowest BCUT2D eigenvalue weighted by Crippen LogP contribution is -2.67. The minimum atomic E-state index is -1.29. The molecule has 5 rings (SSSR count). The van der Waals surface area contributed by atoms with Crippen LogP contribution in [0.3, 0.4) is 0 Å². The van der Waals surface area contributed by atoms with Gasteiger partial charge in [-0.05, 0) is 25.6 Å². The zero-order valence-electron chi connectivity index (χ0n) is 15.7. The highest BCUT2D eigenvalue weighted by molar-refractivity contribution is 5.96. The molecule has 3 heterocycles. The summed E-state index contributed by atoms with van der Waals surface area (Å²) in [6.45, 7) is 0.784. The summed E-state index contributed by atoms with van der Waals surface area (Å²) < 4.78 is 28.4. The van der Waals surface area contributed by atoms with Gasteiger partial charge in [0.2, 0.25) is 0 Å². The lowest BCUT2D eigenvalue weighted by atomic mass is 9.67. The van der Waals surface area contributed by atoms with Crippen molar-refractivity contribution >= 4 is 5.97 Å². The third-order valence-corrected chi connectivity index (χ3v) is 6.68. The molecule has 27 heavy (non-hydrogen) atoms. The fourth-order valence-electron chi connectivity index (χ4n) is 5.53. The molecule has 2 saturated heterocycles. The van der Waals surface area contributed by atoms with Gasteiger partial charge in [0, 0.05) is 19.2 Å². The standard InChI is InChI=1S/C19H23NO7/c1-20-6-5-18-15(26-18)13(25-4)14(21)19(17(18)20)10-8-12(24-3)11(23-2)7-9(10)16(22)27-19/h7-8,13-15,17,21H,5-6H2,1-4H3/t13-,14-,15+,17-,18+,19+/m1/s1. The maximum atomic E-state index is 12.8. The van der Waals surface area contributed by atoms with Crippen molar-refractivity contribution in [2.75, 3.05) is 34.9 Å². The van der Waals surface area contributed by atoms with Crippen molar-refractivity contribution in [2.24, 2.45) is 0 Å². The van der Waals surface area contributed by atoms with Gasteiger partial charge in [0.1, 0.15) is 23.9 Å². The van der Waals surface area contributed by atoms with E-state index in [1.165, 1.54) is 14.2 Å². The number of rotatable bonds is 3. The number of aliphatic hydroxyl groups excluding tert-OH is 1. The molecule has 0 amide bonds. The van der Waals surface area contributed by atoms with Crippen molar-refractivity contribution in [3.05, 3.63) is 23.3 Å². The van der Waals surface area contributed by atoms with E-state index in [9.17, 15) is 9.90 Å². The molecule has 1 aliphatic carbocycles. The molecule has 8 heteroatoms. The van der Waals surface area contributed by atoms with E-state index in [-0.39, 0.29) is 12.1 Å². The largest absolute Gasteiger partial charge is 0.493 e. The summed E-state index contributed by atoms with van der Waals surface area (Å²) in [5.74, 6) is 0.423. The Labute approximate surface area is 156 Å². The van der Waals surface area contributed by atoms with E-state index in [0.717, 1.165) is 13.0 Å². The van der Waals surface area contributed by atoms with E-state index in [4.69, 9.17) is 23.7 Å². The van der Waals surface area contributed by atoms with Gasteiger partial charge in [0.25, 0.3) is 0 Å². The van der Waals surface area contributed by atoms with Gasteiger partial charge >= 0.3 is 5.97 Å². The average Bonchev–Trinajstić information content (AvgIpc) is 3.19. The van der Waals surface area contributed by atoms with Crippen molar-refractivity contribution in [2.45, 2.75) is 42.0 Å². The number of fused-ring (bicyclic) bond motifs is 3. The minimum Gasteiger partial charge on any atom is -0.493 e. The molecule has 3 aliphatic heterocycles. The Bertz CT molecular complexity index is 829. The summed E-state index contributed by atoms with van der Waals surface area (Å²) in [6, 6.07) is 3.04. The van der Waals surface area contributed by atoms with Crippen molar-refractivity contribution in [3.63, 3.8) is 0 Å². The molecule has 8 nitrogen and oxygen atoms in total. The van der Waals surface area contributed by atoms with Crippen LogP contribution in [0.4, 0.5) is 0 Å². The van der Waals surface area contributed by atoms with E-state index in [1.54, 1.807) is 19.2 Å². The smallest absolute Gasteiger partial charge is 0.339 e. The lowest BCUT2D eigenvalue weighted by molar-refractivity contribution is -0.182. The molecule has 0 aromatic heterocycles. The minimum absolute atomic E-state index is 0.207. The molecule has 0 radical (unpaired) electrons. The molecule has 0 unspecified atom stereocenters. The molecule has 1 saturated carbocycles. The predicted octanol–water partition coefficient (Wildman–Crippen LogP) is 0.301. The first-order valence-corrected chi connectivity index (χ1v) is 9.03. The second kappa shape index (κ2) is 5.35. The number of esters is 1. The fourth-order valence-corrected chi connectivity index (χ4v) is 5.53. The van der Waals surface area contributed by atoms with Gasteiger partial charge in [-0.1, -0.05) is 0 Å². The summed E-state index contributed by atoms with van der Waals surface area (Å²) in [5, 5.41) is 11.4. The number of nitrogens with zero attached hydrogens (tertiary/aromatic N) is 1. The second-order valence-electron chi connectivity index (χ2n) is 7.71. The van der Waals surface area contributed by atoms with Crippen molar-refractivity contribution in [3.8, 4) is 11.5 Å². The number of aliphatic hydroxyl groups is 1. The highest BCUT2D eigenvalue weighted by Gasteiger charge is 2.81. The van der Waals surface area contributed by atoms with Gasteiger partial charge < -0.3 is 28.8 Å². The number of likely N-dealkylation sites (tertiary alicyclic amines) is 1. The van der Waals surface area contributed by atoms with Gasteiger partial charge in [-0.15, -0.1) is 0 Å². The van der Waals surface area contributed by atoms with Crippen LogP contribution in [0.2, 0.25) is 0 Å². The van der Waals surface area contributed by atoms with E-state index < -0.39 is 29.4 Å². The average molecular weight is 377 g/mol. The summed E-state index contributed by atoms with van der Waals surface area (Å²) >= 11 is 0. The summed E-state index contributed by atoms with van der Waals surface area (Å²) in [5.41, 5.74) is -0.808. The first-order valence-electron chi connectivity index (χ1n) is 9.03. The predicted molar refractivity (Wildman–Crippen MR) is 92.1 cm³/mol. The highest BCUT2D eigenvalue weighted by atomic mass is 16.7. The molecule has 0 bridgehead atoms. The molecule has 146 valence electrons. The number of methoxy groups -OCH3 is 3. The van der Waals surface area contributed by atoms with Crippen LogP contribution in [0.5, 0.6) is 11.5 Å². The Balaban J connectivity index is 1.75. The van der Waals surface area contributed by atoms with Gasteiger partial charge in [0.05, 0.1) is 25.8 Å². The Morgan fingerprint density at radius 1 is 1.22 bits per heavy atom. The number of hydrogen-bond acceptors (Lipinski definition) is 8. The first kappa shape index (κ1) is 17.2. The van der Waals surface area contributed by atoms with Gasteiger partial charge in [-0.25, -0.2) is 4.79 Å². The number of ether oxygens (including phenoxy) is 5. The highest BCUT2D eigenvalue weighted by Crippen LogP contribution is 2.64. The van der Waals surface area contributed by atoms with Crippen LogP contribution in [0, 0.1) is 0 Å². The van der Waals surface area contributed by atoms with E-state index >= 15 is 0 Å². The Hall–Kier alpha value is -1.87. The SMILES string of the molecule is COc1cc2c(cc1OC)[C@]1(OC2=O)[C@H](O)[C@@H](OC)[C@@H]2O[C@@]23CCN(C)[C@H]31. The third-order valence-electron chi connectivity index (χ3n) is 6.68. The fraction of sp³-hybridized carbons (Fsp3) is 0.632. The van der Waals surface area contributed by atoms with E-state index in [2.05, 4.69) is 4.90 Å². The number of epoxide rings is 1. The molecular weight excluding hydrogens is 354 g/mol. The number of benzene rings is 1. The number of hydrogen-bond donors (Lipinski definition) is 1. The van der Waals surface area contributed by atoms with Crippen LogP contribution < -0.4 is 9.47 Å². The number of carbonyl (C=O) groups excluding carboxylic acids is 1. The summed E-state index contributed by atoms with van der Waals surface area (Å²) in [7, 11) is 6.56. The Morgan fingerprint density at radius 3 is 2.59 bits per heavy atom. The van der Waals surface area contributed by atoms with Crippen molar-refractivity contribution in [1.29, 1.82) is 0 Å². The zero-order valence-corrected chi connectivity index (χ0v) is 15.7. The van der Waals surface area contributed by atoms with Gasteiger partial charge in [-0.3, -0.25) is 4.90 Å². The van der Waals surface area contributed by atoms with Crippen LogP contribution >= 0.6 is 0 Å². The number of carbonyl (C=O) groups is 1. The normalized spacial score (nSPS) is 41.7. The summed E-state index contributed by atoms with van der Waals surface area (Å²) in [4.78, 5) is 14.9. The molecule has 4 aliphatic rings. The van der Waals surface area contributed by atoms with Gasteiger partial charge in [-0.2, -0.15) is 0 Å². The number of likely N-dealkylation sites (N-methyl/N-ethyl adjacent to an activating group) is 1. The molecule has 2 spiro atoms. The van der Waals surface area contributed by atoms with Crippen LogP contribution in [0.15, 0.2) is 12.1 Å². The van der Waals surface area contributed by atoms with Crippen molar-refractivity contribution < 1.29 is 33.6 Å². The molecule has 3 fully saturated rings. The van der Waals surface area contributed by atoms with E-state index in [0.29, 0.717) is 22.6 Å². The Morgan fingerprint density at radius 2 is 1.93 bits per heavy atom. The zero-order chi connectivity index (χ0) is 19.1. The molecule has 1 N–H and O–H groups in total.